The summed E-state index contributed by atoms with van der Waals surface area (Å²) in [7, 11) is 1.55. The summed E-state index contributed by atoms with van der Waals surface area (Å²) < 4.78 is 1.28. The number of nitrogens with one attached hydrogen (secondary N) is 2. The van der Waals surface area contributed by atoms with Crippen LogP contribution in [0.2, 0.25) is 0 Å². The van der Waals surface area contributed by atoms with Crippen LogP contribution < -0.4 is 16.1 Å². The van der Waals surface area contributed by atoms with Crippen molar-refractivity contribution in [3.8, 4) is 0 Å². The van der Waals surface area contributed by atoms with Gasteiger partial charge in [-0.15, -0.1) is 0 Å². The van der Waals surface area contributed by atoms with Gasteiger partial charge in [0.15, 0.2) is 5.65 Å². The van der Waals surface area contributed by atoms with E-state index < -0.39 is 11.2 Å². The SMILES string of the molecule is Cc1cccc(N2CCN(C(=O)CCc3nc4c([nH]3)c(=O)[nH]c(=O)n4C)CC2)c1. The lowest BCUT2D eigenvalue weighted by atomic mass is 10.2. The molecule has 3 aromatic rings. The van der Waals surface area contributed by atoms with Crippen molar-refractivity contribution in [2.75, 3.05) is 31.1 Å². The summed E-state index contributed by atoms with van der Waals surface area (Å²) in [5, 5.41) is 0. The molecule has 1 aromatic carbocycles. The van der Waals surface area contributed by atoms with Crippen LogP contribution in [0.15, 0.2) is 33.9 Å². The molecule has 0 atom stereocenters. The summed E-state index contributed by atoms with van der Waals surface area (Å²) in [4.78, 5) is 49.8. The minimum absolute atomic E-state index is 0.0668. The summed E-state index contributed by atoms with van der Waals surface area (Å²) in [5.74, 6) is 0.593. The number of piperazine rings is 1. The number of anilines is 1. The zero-order valence-corrected chi connectivity index (χ0v) is 16.6. The fourth-order valence-electron chi connectivity index (χ4n) is 3.69. The molecule has 0 aliphatic carbocycles. The molecule has 9 heteroatoms. The maximum Gasteiger partial charge on any atom is 0.329 e. The number of H-pyrrole nitrogens is 2. The first-order valence-corrected chi connectivity index (χ1v) is 9.69. The Morgan fingerprint density at radius 3 is 2.62 bits per heavy atom. The highest BCUT2D eigenvalue weighted by atomic mass is 16.2. The Hall–Kier alpha value is -3.36. The molecule has 1 aliphatic heterocycles. The maximum absolute atomic E-state index is 12.6. The van der Waals surface area contributed by atoms with Crippen molar-refractivity contribution in [2.24, 2.45) is 7.05 Å². The van der Waals surface area contributed by atoms with Crippen LogP contribution in [0, 0.1) is 6.92 Å². The number of amides is 1. The van der Waals surface area contributed by atoms with E-state index in [4.69, 9.17) is 0 Å². The molecule has 0 saturated carbocycles. The molecule has 0 unspecified atom stereocenters. The van der Waals surface area contributed by atoms with Gasteiger partial charge in [0.05, 0.1) is 0 Å². The highest BCUT2D eigenvalue weighted by Gasteiger charge is 2.21. The molecule has 0 radical (unpaired) electrons. The van der Waals surface area contributed by atoms with Crippen molar-refractivity contribution in [1.82, 2.24) is 24.4 Å². The van der Waals surface area contributed by atoms with Crippen LogP contribution in [-0.4, -0.2) is 56.5 Å². The van der Waals surface area contributed by atoms with E-state index in [1.54, 1.807) is 7.05 Å². The average molecular weight is 396 g/mol. The van der Waals surface area contributed by atoms with E-state index in [1.807, 2.05) is 4.90 Å². The van der Waals surface area contributed by atoms with E-state index in [0.29, 0.717) is 37.4 Å². The van der Waals surface area contributed by atoms with Crippen LogP contribution >= 0.6 is 0 Å². The van der Waals surface area contributed by atoms with Gasteiger partial charge in [-0.1, -0.05) is 12.1 Å². The lowest BCUT2D eigenvalue weighted by Crippen LogP contribution is -2.48. The third-order valence-electron chi connectivity index (χ3n) is 5.38. The van der Waals surface area contributed by atoms with Gasteiger partial charge in [0, 0.05) is 51.8 Å². The topological polar surface area (TPSA) is 107 Å². The fourth-order valence-corrected chi connectivity index (χ4v) is 3.69. The zero-order valence-electron chi connectivity index (χ0n) is 16.6. The molecule has 2 aromatic heterocycles. The number of rotatable bonds is 4. The Kier molecular flexibility index (Phi) is 4.96. The number of carbonyl (C=O) groups is 1. The molecule has 1 fully saturated rings. The number of aromatic nitrogens is 4. The highest BCUT2D eigenvalue weighted by Crippen LogP contribution is 2.18. The second-order valence-corrected chi connectivity index (χ2v) is 7.41. The Bertz CT molecular complexity index is 1170. The number of benzene rings is 1. The van der Waals surface area contributed by atoms with Crippen LogP contribution in [-0.2, 0) is 18.3 Å². The summed E-state index contributed by atoms with van der Waals surface area (Å²) in [6, 6.07) is 8.39. The smallest absolute Gasteiger partial charge is 0.329 e. The molecule has 152 valence electrons. The van der Waals surface area contributed by atoms with Gasteiger partial charge in [0.25, 0.3) is 5.56 Å². The van der Waals surface area contributed by atoms with Gasteiger partial charge in [-0.3, -0.25) is 19.1 Å². The van der Waals surface area contributed by atoms with Gasteiger partial charge in [-0.05, 0) is 24.6 Å². The van der Waals surface area contributed by atoms with Crippen LogP contribution in [0.1, 0.15) is 17.8 Å². The number of hydrogen-bond donors (Lipinski definition) is 2. The molecule has 1 saturated heterocycles. The van der Waals surface area contributed by atoms with Crippen molar-refractivity contribution in [3.63, 3.8) is 0 Å². The van der Waals surface area contributed by atoms with Crippen LogP contribution in [0.25, 0.3) is 11.2 Å². The molecule has 1 aliphatic rings. The normalized spacial score (nSPS) is 14.6. The van der Waals surface area contributed by atoms with E-state index in [0.717, 1.165) is 13.1 Å². The van der Waals surface area contributed by atoms with Gasteiger partial charge in [0.2, 0.25) is 5.91 Å². The van der Waals surface area contributed by atoms with E-state index in [9.17, 15) is 14.4 Å². The standard InChI is InChI=1S/C20H24N6O3/c1-13-4-3-5-14(12-13)25-8-10-26(11-9-25)16(27)7-6-15-21-17-18(22-15)24(2)20(29)23-19(17)28/h3-5,12H,6-11H2,1-2H3,(H,21,22)(H,23,28,29). The van der Waals surface area contributed by atoms with Crippen LogP contribution in [0.4, 0.5) is 5.69 Å². The minimum Gasteiger partial charge on any atom is -0.368 e. The van der Waals surface area contributed by atoms with Crippen molar-refractivity contribution in [3.05, 3.63) is 56.5 Å². The fraction of sp³-hybridized carbons (Fsp3) is 0.400. The van der Waals surface area contributed by atoms with E-state index >= 15 is 0 Å². The van der Waals surface area contributed by atoms with E-state index in [2.05, 4.69) is 51.0 Å². The second-order valence-electron chi connectivity index (χ2n) is 7.41. The van der Waals surface area contributed by atoms with E-state index in [1.165, 1.54) is 15.8 Å². The number of hydrogen-bond acceptors (Lipinski definition) is 5. The molecule has 29 heavy (non-hydrogen) atoms. The Morgan fingerprint density at radius 2 is 1.90 bits per heavy atom. The molecular weight excluding hydrogens is 372 g/mol. The third kappa shape index (κ3) is 3.80. The van der Waals surface area contributed by atoms with Gasteiger partial charge in [-0.2, -0.15) is 0 Å². The lowest BCUT2D eigenvalue weighted by Gasteiger charge is -2.36. The summed E-state index contributed by atoms with van der Waals surface area (Å²) >= 11 is 0. The molecule has 4 rings (SSSR count). The molecular formula is C20H24N6O3. The summed E-state index contributed by atoms with van der Waals surface area (Å²) in [6.45, 7) is 5.05. The molecule has 0 spiro atoms. The first kappa shape index (κ1) is 19.0. The molecule has 3 heterocycles. The first-order chi connectivity index (χ1) is 13.9. The van der Waals surface area contributed by atoms with Gasteiger partial charge < -0.3 is 14.8 Å². The monoisotopic (exact) mass is 396 g/mol. The largest absolute Gasteiger partial charge is 0.368 e. The minimum atomic E-state index is -0.511. The molecule has 0 bridgehead atoms. The van der Waals surface area contributed by atoms with E-state index in [-0.39, 0.29) is 11.4 Å². The van der Waals surface area contributed by atoms with Gasteiger partial charge in [0.1, 0.15) is 11.3 Å². The lowest BCUT2D eigenvalue weighted by molar-refractivity contribution is -0.131. The first-order valence-electron chi connectivity index (χ1n) is 9.69. The Balaban J connectivity index is 1.37. The zero-order chi connectivity index (χ0) is 20.5. The highest BCUT2D eigenvalue weighted by molar-refractivity contribution is 5.77. The quantitative estimate of drug-likeness (QED) is 0.669. The Labute approximate surface area is 167 Å². The number of aryl methyl sites for hydroxylation is 3. The van der Waals surface area contributed by atoms with Gasteiger partial charge in [-0.25, -0.2) is 9.78 Å². The Morgan fingerprint density at radius 1 is 1.14 bits per heavy atom. The van der Waals surface area contributed by atoms with Gasteiger partial charge >= 0.3 is 5.69 Å². The number of nitrogens with zero attached hydrogens (tertiary/aromatic N) is 4. The van der Waals surface area contributed by atoms with Crippen molar-refractivity contribution < 1.29 is 4.79 Å². The molecule has 9 nitrogen and oxygen atoms in total. The molecule has 1 amide bonds. The molecule has 2 N–H and O–H groups in total. The third-order valence-corrected chi connectivity index (χ3v) is 5.38. The second kappa shape index (κ2) is 7.57. The number of carbonyl (C=O) groups excluding carboxylic acids is 1. The van der Waals surface area contributed by atoms with Crippen LogP contribution in [0.3, 0.4) is 0 Å². The summed E-state index contributed by atoms with van der Waals surface area (Å²) in [5.41, 5.74) is 1.95. The number of imidazole rings is 1. The number of fused-ring (bicyclic) bond motifs is 1. The predicted octanol–water partition coefficient (Wildman–Crippen LogP) is 0.540. The van der Waals surface area contributed by atoms with Crippen molar-refractivity contribution in [2.45, 2.75) is 19.8 Å². The summed E-state index contributed by atoms with van der Waals surface area (Å²) in [6.07, 6.45) is 0.690. The van der Waals surface area contributed by atoms with Crippen LogP contribution in [0.5, 0.6) is 0 Å². The number of aromatic amines is 2. The van der Waals surface area contributed by atoms with Crippen molar-refractivity contribution >= 4 is 22.8 Å². The maximum atomic E-state index is 12.6. The average Bonchev–Trinajstić information content (AvgIpc) is 3.16. The van der Waals surface area contributed by atoms with Crippen molar-refractivity contribution in [1.29, 1.82) is 0 Å². The predicted molar refractivity (Wildman–Crippen MR) is 110 cm³/mol.